The second-order valence-electron chi connectivity index (χ2n) is 9.79. The fraction of sp³-hybridized carbons (Fsp3) is 0.565. The number of fused-ring (bicyclic) bond motifs is 1. The van der Waals surface area contributed by atoms with Gasteiger partial charge in [-0.1, -0.05) is 31.5 Å². The quantitative estimate of drug-likeness (QED) is 0.662. The number of aryl methyl sites for hydroxylation is 1. The van der Waals surface area contributed by atoms with Crippen molar-refractivity contribution in [3.8, 4) is 0 Å². The minimum absolute atomic E-state index is 0.0264. The largest absolute Gasteiger partial charge is 0.459 e. The summed E-state index contributed by atoms with van der Waals surface area (Å²) in [5.74, 6) is -0.545. The maximum atomic E-state index is 13.6. The number of ketones is 1. The second kappa shape index (κ2) is 7.61. The molecule has 0 amide bonds. The van der Waals surface area contributed by atoms with Gasteiger partial charge in [0.05, 0.1) is 4.90 Å². The first-order valence-electron chi connectivity index (χ1n) is 10.3. The van der Waals surface area contributed by atoms with Crippen LogP contribution in [-0.2, 0) is 24.3 Å². The predicted molar refractivity (Wildman–Crippen MR) is 114 cm³/mol. The number of hydrogen-bond acceptors (Lipinski definition) is 5. The second-order valence-corrected chi connectivity index (χ2v) is 11.7. The summed E-state index contributed by atoms with van der Waals surface area (Å²) in [5.41, 5.74) is -0.492. The van der Waals surface area contributed by atoms with Gasteiger partial charge in [-0.15, -0.1) is 0 Å². The summed E-state index contributed by atoms with van der Waals surface area (Å²) >= 11 is 0. The highest BCUT2D eigenvalue weighted by Crippen LogP contribution is 2.53. The third-order valence-electron chi connectivity index (χ3n) is 5.69. The Morgan fingerprint density at radius 1 is 1.23 bits per heavy atom. The highest BCUT2D eigenvalue weighted by Gasteiger charge is 2.63. The summed E-state index contributed by atoms with van der Waals surface area (Å²) in [7, 11) is -3.85. The molecule has 6 nitrogen and oxygen atoms in total. The molecule has 1 heterocycles. The van der Waals surface area contributed by atoms with Gasteiger partial charge < -0.3 is 4.74 Å². The zero-order valence-corrected chi connectivity index (χ0v) is 19.4. The number of allylic oxidation sites excluding steroid dienone is 1. The molecule has 0 unspecified atom stereocenters. The van der Waals surface area contributed by atoms with Crippen molar-refractivity contribution in [3.05, 3.63) is 41.5 Å². The summed E-state index contributed by atoms with van der Waals surface area (Å²) in [6.45, 7) is 11.2. The van der Waals surface area contributed by atoms with Gasteiger partial charge in [0, 0.05) is 19.0 Å². The number of ether oxygens (including phenoxy) is 1. The summed E-state index contributed by atoms with van der Waals surface area (Å²) in [4.78, 5) is 26.0. The van der Waals surface area contributed by atoms with Crippen LogP contribution >= 0.6 is 0 Å². The van der Waals surface area contributed by atoms with Crippen molar-refractivity contribution in [1.82, 2.24) is 4.31 Å². The number of carbonyl (C=O) groups excluding carboxylic acids is 2. The van der Waals surface area contributed by atoms with E-state index in [4.69, 9.17) is 4.74 Å². The van der Waals surface area contributed by atoms with Crippen molar-refractivity contribution in [2.24, 2.45) is 11.3 Å². The molecule has 1 aliphatic carbocycles. The van der Waals surface area contributed by atoms with Crippen LogP contribution in [-0.4, -0.2) is 42.7 Å². The van der Waals surface area contributed by atoms with E-state index in [1.807, 2.05) is 20.8 Å². The first-order valence-corrected chi connectivity index (χ1v) is 11.8. The lowest BCUT2D eigenvalue weighted by Gasteiger charge is -2.37. The lowest BCUT2D eigenvalue weighted by atomic mass is 9.74. The number of benzene rings is 1. The van der Waals surface area contributed by atoms with Gasteiger partial charge in [0.15, 0.2) is 5.78 Å². The molecule has 0 saturated carbocycles. The van der Waals surface area contributed by atoms with Gasteiger partial charge in [-0.25, -0.2) is 8.42 Å². The molecule has 1 aliphatic heterocycles. The number of rotatable bonds is 5. The van der Waals surface area contributed by atoms with Gasteiger partial charge in [-0.2, -0.15) is 4.31 Å². The number of esters is 1. The predicted octanol–water partition coefficient (Wildman–Crippen LogP) is 3.64. The molecule has 1 saturated heterocycles. The standard InChI is InChI=1S/C23H31NO5S/c1-15(2)11-20-23(21(26)29-22(4,5)6)13-18(25)12-17(23)14-24(20)30(27,28)19-9-7-16(3)8-10-19/h7-10,12,15,20H,11,13-14H2,1-6H3/t20-,23-/m0/s1. The van der Waals surface area contributed by atoms with E-state index in [0.717, 1.165) is 5.56 Å². The molecule has 0 N–H and O–H groups in total. The van der Waals surface area contributed by atoms with Crippen LogP contribution in [0.3, 0.4) is 0 Å². The number of sulfonamides is 1. The van der Waals surface area contributed by atoms with Crippen LogP contribution in [0.1, 0.15) is 53.0 Å². The van der Waals surface area contributed by atoms with Gasteiger partial charge in [0.25, 0.3) is 0 Å². The molecule has 0 radical (unpaired) electrons. The smallest absolute Gasteiger partial charge is 0.318 e. The van der Waals surface area contributed by atoms with Crippen LogP contribution in [0.4, 0.5) is 0 Å². The highest BCUT2D eigenvalue weighted by molar-refractivity contribution is 7.89. The van der Waals surface area contributed by atoms with Gasteiger partial charge >= 0.3 is 5.97 Å². The Labute approximate surface area is 179 Å². The van der Waals surface area contributed by atoms with Crippen LogP contribution < -0.4 is 0 Å². The molecule has 0 spiro atoms. The normalized spacial score (nSPS) is 24.8. The van der Waals surface area contributed by atoms with E-state index in [2.05, 4.69) is 0 Å². The van der Waals surface area contributed by atoms with Crippen LogP contribution in [0.15, 0.2) is 40.8 Å². The Morgan fingerprint density at radius 3 is 2.37 bits per heavy atom. The van der Waals surface area contributed by atoms with Crippen molar-refractivity contribution < 1.29 is 22.7 Å². The Morgan fingerprint density at radius 2 is 1.83 bits per heavy atom. The molecule has 0 bridgehead atoms. The van der Waals surface area contributed by atoms with E-state index in [1.54, 1.807) is 45.0 Å². The highest BCUT2D eigenvalue weighted by atomic mass is 32.2. The molecular weight excluding hydrogens is 402 g/mol. The Kier molecular flexibility index (Phi) is 5.75. The molecule has 1 aromatic rings. The van der Waals surface area contributed by atoms with Crippen molar-refractivity contribution in [2.45, 2.75) is 70.9 Å². The lowest BCUT2D eigenvalue weighted by Crippen LogP contribution is -2.49. The molecule has 1 fully saturated rings. The number of nitrogens with zero attached hydrogens (tertiary/aromatic N) is 1. The Balaban J connectivity index is 2.12. The minimum atomic E-state index is -3.85. The van der Waals surface area contributed by atoms with E-state index in [9.17, 15) is 18.0 Å². The van der Waals surface area contributed by atoms with E-state index >= 15 is 0 Å². The summed E-state index contributed by atoms with van der Waals surface area (Å²) < 4.78 is 34.2. The minimum Gasteiger partial charge on any atom is -0.459 e. The average molecular weight is 434 g/mol. The van der Waals surface area contributed by atoms with Gasteiger partial charge in [-0.3, -0.25) is 9.59 Å². The summed E-state index contributed by atoms with van der Waals surface area (Å²) in [6.07, 6.45) is 1.85. The van der Waals surface area contributed by atoms with Gasteiger partial charge in [-0.05, 0) is 63.8 Å². The fourth-order valence-corrected chi connectivity index (χ4v) is 6.04. The summed E-state index contributed by atoms with van der Waals surface area (Å²) in [6, 6.07) is 6.02. The molecule has 2 atom stereocenters. The van der Waals surface area contributed by atoms with Crippen molar-refractivity contribution in [2.75, 3.05) is 6.54 Å². The molecule has 7 heteroatoms. The molecular formula is C23H31NO5S. The lowest BCUT2D eigenvalue weighted by molar-refractivity contribution is -0.167. The molecule has 0 aromatic heterocycles. The van der Waals surface area contributed by atoms with E-state index in [0.29, 0.717) is 12.0 Å². The fourth-order valence-electron chi connectivity index (χ4n) is 4.38. The third kappa shape index (κ3) is 3.97. The van der Waals surface area contributed by atoms with E-state index in [-0.39, 0.29) is 29.6 Å². The summed E-state index contributed by atoms with van der Waals surface area (Å²) in [5, 5.41) is 0. The SMILES string of the molecule is Cc1ccc(S(=O)(=O)N2CC3=CC(=O)C[C@@]3(C(=O)OC(C)(C)C)[C@@H]2CC(C)C)cc1. The molecule has 1 aromatic carbocycles. The zero-order valence-electron chi connectivity index (χ0n) is 18.6. The van der Waals surface area contributed by atoms with Gasteiger partial charge in [0.1, 0.15) is 11.0 Å². The van der Waals surface area contributed by atoms with E-state index < -0.39 is 33.1 Å². The number of hydrogen-bond donors (Lipinski definition) is 0. The van der Waals surface area contributed by atoms with Crippen LogP contribution in [0.2, 0.25) is 0 Å². The topological polar surface area (TPSA) is 80.8 Å². The Hall–Kier alpha value is -1.99. The molecule has 2 aliphatic rings. The molecule has 3 rings (SSSR count). The number of carbonyl (C=O) groups is 2. The van der Waals surface area contributed by atoms with Crippen LogP contribution in [0.25, 0.3) is 0 Å². The van der Waals surface area contributed by atoms with Crippen LogP contribution in [0, 0.1) is 18.3 Å². The molecule has 30 heavy (non-hydrogen) atoms. The zero-order chi connectivity index (χ0) is 22.5. The van der Waals surface area contributed by atoms with Gasteiger partial charge in [0.2, 0.25) is 10.0 Å². The molecule has 164 valence electrons. The van der Waals surface area contributed by atoms with Crippen LogP contribution in [0.5, 0.6) is 0 Å². The van der Waals surface area contributed by atoms with E-state index in [1.165, 1.54) is 10.4 Å². The Bertz CT molecular complexity index is 985. The van der Waals surface area contributed by atoms with Crippen molar-refractivity contribution >= 4 is 21.8 Å². The monoisotopic (exact) mass is 433 g/mol. The first-order chi connectivity index (χ1) is 13.8. The first kappa shape index (κ1) is 22.7. The van der Waals surface area contributed by atoms with Crippen molar-refractivity contribution in [1.29, 1.82) is 0 Å². The van der Waals surface area contributed by atoms with Crippen molar-refractivity contribution in [3.63, 3.8) is 0 Å². The average Bonchev–Trinajstić information content (AvgIpc) is 3.07. The third-order valence-corrected chi connectivity index (χ3v) is 7.56. The maximum absolute atomic E-state index is 13.6. The maximum Gasteiger partial charge on any atom is 0.318 e.